The topological polar surface area (TPSA) is 25.8 Å². The number of hydrogen-bond donors (Lipinski definition) is 0. The second-order valence-corrected chi connectivity index (χ2v) is 13.8. The second-order valence-electron chi connectivity index (χ2n) is 13.8. The monoisotopic (exact) mass is 686 g/mol. The Hall–Kier alpha value is -7.16. The van der Waals surface area contributed by atoms with Crippen molar-refractivity contribution < 1.29 is 0 Å². The average molecular weight is 687 g/mol. The predicted molar refractivity (Wildman–Crippen MR) is 227 cm³/mol. The Morgan fingerprint density at radius 3 is 1.28 bits per heavy atom. The lowest BCUT2D eigenvalue weighted by Crippen LogP contribution is -1.96. The molecule has 10 rings (SSSR count). The fraction of sp³-hybridized carbons (Fsp3) is 0. The van der Waals surface area contributed by atoms with Gasteiger partial charge in [0.2, 0.25) is 0 Å². The van der Waals surface area contributed by atoms with E-state index in [1.54, 1.807) is 0 Å². The number of hydrogen-bond acceptors (Lipinski definition) is 2. The fourth-order valence-corrected chi connectivity index (χ4v) is 7.72. The molecule has 10 aromatic rings. The maximum atomic E-state index is 5.07. The van der Waals surface area contributed by atoms with Crippen LogP contribution in [0.2, 0.25) is 0 Å². The van der Waals surface area contributed by atoms with Crippen LogP contribution in [-0.2, 0) is 0 Å². The first-order chi connectivity index (χ1) is 26.7. The number of fused-ring (bicyclic) bond motifs is 4. The molecule has 0 spiro atoms. The Labute approximate surface area is 314 Å². The molecule has 1 aromatic heterocycles. The molecule has 0 aliphatic carbocycles. The van der Waals surface area contributed by atoms with Gasteiger partial charge in [-0.2, -0.15) is 0 Å². The van der Waals surface area contributed by atoms with Gasteiger partial charge in [0.15, 0.2) is 5.82 Å². The van der Waals surface area contributed by atoms with Crippen molar-refractivity contribution in [3.05, 3.63) is 206 Å². The highest BCUT2D eigenvalue weighted by Crippen LogP contribution is 2.40. The van der Waals surface area contributed by atoms with Crippen molar-refractivity contribution in [1.82, 2.24) is 9.97 Å². The first kappa shape index (κ1) is 31.6. The lowest BCUT2D eigenvalue weighted by atomic mass is 9.89. The Morgan fingerprint density at radius 1 is 0.241 bits per heavy atom. The first-order valence-corrected chi connectivity index (χ1v) is 18.4. The molecular formula is C52H34N2. The molecule has 2 heteroatoms. The lowest BCUT2D eigenvalue weighted by molar-refractivity contribution is 1.18. The third-order valence-corrected chi connectivity index (χ3v) is 10.5. The van der Waals surface area contributed by atoms with E-state index in [4.69, 9.17) is 9.97 Å². The van der Waals surface area contributed by atoms with Gasteiger partial charge in [-0.1, -0.05) is 194 Å². The van der Waals surface area contributed by atoms with E-state index >= 15 is 0 Å². The van der Waals surface area contributed by atoms with E-state index in [9.17, 15) is 0 Å². The Morgan fingerprint density at radius 2 is 0.685 bits per heavy atom. The van der Waals surface area contributed by atoms with E-state index in [1.165, 1.54) is 60.1 Å². The molecule has 252 valence electrons. The zero-order chi connectivity index (χ0) is 35.8. The SMILES string of the molecule is c1ccc(-c2ccc(-c3cc(-c4ccc(-c5ccc(-c6c7ccccc7cc7c6ccc6ccccc67)cc5)cc4)nc(-c4ccccc4)n3)cc2)cc1. The molecule has 0 fully saturated rings. The van der Waals surface area contributed by atoms with Crippen LogP contribution >= 0.6 is 0 Å². The van der Waals surface area contributed by atoms with Gasteiger partial charge in [-0.15, -0.1) is 0 Å². The summed E-state index contributed by atoms with van der Waals surface area (Å²) in [5, 5.41) is 7.63. The lowest BCUT2D eigenvalue weighted by Gasteiger charge is -2.14. The molecule has 0 radical (unpaired) electrons. The molecule has 0 amide bonds. The molecule has 0 bridgehead atoms. The van der Waals surface area contributed by atoms with Gasteiger partial charge in [0.05, 0.1) is 11.4 Å². The number of rotatable bonds is 6. The van der Waals surface area contributed by atoms with E-state index in [1.807, 2.05) is 24.3 Å². The maximum Gasteiger partial charge on any atom is 0.160 e. The molecule has 1 heterocycles. The van der Waals surface area contributed by atoms with Crippen molar-refractivity contribution in [3.8, 4) is 67.3 Å². The Balaban J connectivity index is 1.000. The highest BCUT2D eigenvalue weighted by Gasteiger charge is 2.14. The zero-order valence-corrected chi connectivity index (χ0v) is 29.5. The van der Waals surface area contributed by atoms with Crippen LogP contribution in [0.25, 0.3) is 99.6 Å². The number of aromatic nitrogens is 2. The summed E-state index contributed by atoms with van der Waals surface area (Å²) >= 11 is 0. The summed E-state index contributed by atoms with van der Waals surface area (Å²) in [5.74, 6) is 0.712. The van der Waals surface area contributed by atoms with E-state index < -0.39 is 0 Å². The van der Waals surface area contributed by atoms with Gasteiger partial charge < -0.3 is 0 Å². The molecule has 0 atom stereocenters. The van der Waals surface area contributed by atoms with Gasteiger partial charge in [0.1, 0.15) is 0 Å². The third kappa shape index (κ3) is 5.81. The first-order valence-electron chi connectivity index (χ1n) is 18.4. The summed E-state index contributed by atoms with van der Waals surface area (Å²) in [6.45, 7) is 0. The molecule has 0 saturated carbocycles. The van der Waals surface area contributed by atoms with Crippen LogP contribution in [0.4, 0.5) is 0 Å². The number of benzene rings is 9. The van der Waals surface area contributed by atoms with E-state index in [0.717, 1.165) is 33.6 Å². The van der Waals surface area contributed by atoms with Gasteiger partial charge in [-0.3, -0.25) is 0 Å². The van der Waals surface area contributed by atoms with Crippen molar-refractivity contribution in [3.63, 3.8) is 0 Å². The molecule has 0 aliphatic rings. The van der Waals surface area contributed by atoms with E-state index in [-0.39, 0.29) is 0 Å². The van der Waals surface area contributed by atoms with Gasteiger partial charge >= 0.3 is 0 Å². The second kappa shape index (κ2) is 13.4. The summed E-state index contributed by atoms with van der Waals surface area (Å²) in [7, 11) is 0. The van der Waals surface area contributed by atoms with Crippen LogP contribution in [0, 0.1) is 0 Å². The minimum Gasteiger partial charge on any atom is -0.228 e. The zero-order valence-electron chi connectivity index (χ0n) is 29.5. The van der Waals surface area contributed by atoms with Crippen LogP contribution in [0.3, 0.4) is 0 Å². The van der Waals surface area contributed by atoms with Crippen LogP contribution in [0.5, 0.6) is 0 Å². The van der Waals surface area contributed by atoms with Gasteiger partial charge in [-0.05, 0) is 77.8 Å². The molecule has 0 unspecified atom stereocenters. The van der Waals surface area contributed by atoms with Crippen LogP contribution in [0.1, 0.15) is 0 Å². The smallest absolute Gasteiger partial charge is 0.160 e. The van der Waals surface area contributed by atoms with Crippen LogP contribution in [-0.4, -0.2) is 9.97 Å². The van der Waals surface area contributed by atoms with Crippen LogP contribution < -0.4 is 0 Å². The van der Waals surface area contributed by atoms with Crippen molar-refractivity contribution in [2.24, 2.45) is 0 Å². The molecule has 0 saturated heterocycles. The fourth-order valence-electron chi connectivity index (χ4n) is 7.72. The minimum absolute atomic E-state index is 0.712. The Kier molecular flexibility index (Phi) is 7.85. The van der Waals surface area contributed by atoms with Crippen molar-refractivity contribution in [2.75, 3.05) is 0 Å². The molecule has 0 aliphatic heterocycles. The molecule has 54 heavy (non-hydrogen) atoms. The third-order valence-electron chi connectivity index (χ3n) is 10.5. The van der Waals surface area contributed by atoms with Gasteiger partial charge in [0.25, 0.3) is 0 Å². The summed E-state index contributed by atoms with van der Waals surface area (Å²) in [5.41, 5.74) is 12.1. The summed E-state index contributed by atoms with van der Waals surface area (Å²) in [6, 6.07) is 73.5. The standard InChI is InChI=1S/C52H34N2/c1-3-11-35(12-4-1)36-19-25-40(26-20-36)49-34-50(54-52(53-49)43-14-5-2-6-15-43)41-27-21-37(22-28-41)38-23-29-42(30-24-38)51-46-18-10-8-16-44(46)33-48-45-17-9-7-13-39(45)31-32-47(48)51/h1-34H. The van der Waals surface area contributed by atoms with Gasteiger partial charge in [0, 0.05) is 16.7 Å². The van der Waals surface area contributed by atoms with Crippen LogP contribution in [0.15, 0.2) is 206 Å². The van der Waals surface area contributed by atoms with Gasteiger partial charge in [-0.25, -0.2) is 9.97 Å². The molecule has 9 aromatic carbocycles. The minimum atomic E-state index is 0.712. The van der Waals surface area contributed by atoms with Crippen molar-refractivity contribution in [2.45, 2.75) is 0 Å². The summed E-state index contributed by atoms with van der Waals surface area (Å²) < 4.78 is 0. The van der Waals surface area contributed by atoms with Crippen molar-refractivity contribution >= 4 is 32.3 Å². The average Bonchev–Trinajstić information content (AvgIpc) is 3.26. The summed E-state index contributed by atoms with van der Waals surface area (Å²) in [6.07, 6.45) is 0. The van der Waals surface area contributed by atoms with E-state index in [0.29, 0.717) is 5.82 Å². The quantitative estimate of drug-likeness (QED) is 0.129. The largest absolute Gasteiger partial charge is 0.228 e. The highest BCUT2D eigenvalue weighted by molar-refractivity contribution is 6.20. The molecule has 0 N–H and O–H groups in total. The molecular weight excluding hydrogens is 653 g/mol. The van der Waals surface area contributed by atoms with Crippen molar-refractivity contribution in [1.29, 1.82) is 0 Å². The summed E-state index contributed by atoms with van der Waals surface area (Å²) in [4.78, 5) is 10.1. The maximum absolute atomic E-state index is 5.07. The molecule has 2 nitrogen and oxygen atoms in total. The Bertz CT molecular complexity index is 2930. The predicted octanol–water partition coefficient (Wildman–Crippen LogP) is 13.9. The normalized spacial score (nSPS) is 11.3. The number of nitrogens with zero attached hydrogens (tertiary/aromatic N) is 2. The van der Waals surface area contributed by atoms with E-state index in [2.05, 4.69) is 182 Å². The highest BCUT2D eigenvalue weighted by atomic mass is 14.9.